The van der Waals surface area contributed by atoms with E-state index in [2.05, 4.69) is 5.32 Å². The molecule has 8 heteroatoms. The number of hydrogen-bond acceptors (Lipinski definition) is 4. The van der Waals surface area contributed by atoms with Gasteiger partial charge in [0.25, 0.3) is 5.91 Å². The molecule has 0 aromatic heterocycles. The molecule has 1 amide bonds. The average molecular weight is 330 g/mol. The Balaban J connectivity index is 1.97. The summed E-state index contributed by atoms with van der Waals surface area (Å²) in [5.74, 6) is -1.50. The Kier molecular flexibility index (Phi) is 4.84. The van der Waals surface area contributed by atoms with Crippen molar-refractivity contribution in [3.63, 3.8) is 0 Å². The second-order valence-corrected chi connectivity index (χ2v) is 7.20. The third-order valence-corrected chi connectivity index (χ3v) is 4.32. The lowest BCUT2D eigenvalue weighted by molar-refractivity contribution is -0.0482. The van der Waals surface area contributed by atoms with Crippen LogP contribution in [0.1, 0.15) is 37.0 Å². The summed E-state index contributed by atoms with van der Waals surface area (Å²) in [5.41, 5.74) is -0.208. The SMILES string of the molecule is CC(C)OC1CC(NC(=O)c2ccc(S(N)(=O)=O)cc2F)C1. The topological polar surface area (TPSA) is 98.5 Å². The van der Waals surface area contributed by atoms with Crippen molar-refractivity contribution in [2.45, 2.75) is 49.8 Å². The van der Waals surface area contributed by atoms with Gasteiger partial charge in [0, 0.05) is 6.04 Å². The van der Waals surface area contributed by atoms with E-state index in [4.69, 9.17) is 9.88 Å². The van der Waals surface area contributed by atoms with Crippen molar-refractivity contribution in [2.24, 2.45) is 5.14 Å². The summed E-state index contributed by atoms with van der Waals surface area (Å²) in [6.45, 7) is 3.88. The van der Waals surface area contributed by atoms with Gasteiger partial charge in [-0.05, 0) is 44.9 Å². The number of primary sulfonamides is 1. The zero-order chi connectivity index (χ0) is 16.5. The van der Waals surface area contributed by atoms with Crippen molar-refractivity contribution in [2.75, 3.05) is 0 Å². The molecule has 1 aliphatic rings. The number of ether oxygens (including phenoxy) is 1. The number of nitrogens with two attached hydrogens (primary N) is 1. The predicted molar refractivity (Wildman–Crippen MR) is 78.3 cm³/mol. The fourth-order valence-electron chi connectivity index (χ4n) is 2.30. The van der Waals surface area contributed by atoms with Crippen molar-refractivity contribution in [1.82, 2.24) is 5.32 Å². The smallest absolute Gasteiger partial charge is 0.254 e. The van der Waals surface area contributed by atoms with Crippen molar-refractivity contribution < 1.29 is 22.3 Å². The summed E-state index contributed by atoms with van der Waals surface area (Å²) < 4.78 is 41.7. The Morgan fingerprint density at radius 1 is 1.41 bits per heavy atom. The summed E-state index contributed by atoms with van der Waals surface area (Å²) in [4.78, 5) is 11.6. The Hall–Kier alpha value is -1.51. The zero-order valence-electron chi connectivity index (χ0n) is 12.4. The Labute approximate surface area is 128 Å². The summed E-state index contributed by atoms with van der Waals surface area (Å²) in [6.07, 6.45) is 1.60. The second-order valence-electron chi connectivity index (χ2n) is 5.64. The number of sulfonamides is 1. The fourth-order valence-corrected chi connectivity index (χ4v) is 2.83. The van der Waals surface area contributed by atoms with Gasteiger partial charge in [-0.15, -0.1) is 0 Å². The van der Waals surface area contributed by atoms with Crippen LogP contribution in [-0.4, -0.2) is 32.6 Å². The highest BCUT2D eigenvalue weighted by molar-refractivity contribution is 7.89. The summed E-state index contributed by atoms with van der Waals surface area (Å²) in [6, 6.07) is 2.91. The van der Waals surface area contributed by atoms with Gasteiger partial charge >= 0.3 is 0 Å². The number of carbonyl (C=O) groups is 1. The molecule has 0 spiro atoms. The lowest BCUT2D eigenvalue weighted by Gasteiger charge is -2.36. The molecular weight excluding hydrogens is 311 g/mol. The molecule has 122 valence electrons. The van der Waals surface area contributed by atoms with Crippen LogP contribution >= 0.6 is 0 Å². The summed E-state index contributed by atoms with van der Waals surface area (Å²) in [5, 5.41) is 7.60. The summed E-state index contributed by atoms with van der Waals surface area (Å²) >= 11 is 0. The van der Waals surface area contributed by atoms with E-state index in [-0.39, 0.29) is 28.7 Å². The molecule has 1 aromatic carbocycles. The van der Waals surface area contributed by atoms with E-state index in [1.54, 1.807) is 0 Å². The van der Waals surface area contributed by atoms with Crippen LogP contribution in [0.2, 0.25) is 0 Å². The molecule has 6 nitrogen and oxygen atoms in total. The second kappa shape index (κ2) is 6.31. The number of nitrogens with one attached hydrogen (secondary N) is 1. The van der Waals surface area contributed by atoms with E-state index in [1.807, 2.05) is 13.8 Å². The van der Waals surface area contributed by atoms with Gasteiger partial charge in [0.2, 0.25) is 10.0 Å². The van der Waals surface area contributed by atoms with Crippen LogP contribution in [0.25, 0.3) is 0 Å². The van der Waals surface area contributed by atoms with E-state index in [0.29, 0.717) is 12.8 Å². The maximum absolute atomic E-state index is 13.8. The molecule has 1 aromatic rings. The Morgan fingerprint density at radius 3 is 2.55 bits per heavy atom. The van der Waals surface area contributed by atoms with Gasteiger partial charge in [0.05, 0.1) is 22.7 Å². The number of amides is 1. The van der Waals surface area contributed by atoms with E-state index in [0.717, 1.165) is 18.2 Å². The van der Waals surface area contributed by atoms with E-state index >= 15 is 0 Å². The number of halogens is 1. The number of benzene rings is 1. The number of carbonyl (C=O) groups excluding carboxylic acids is 1. The minimum absolute atomic E-state index is 0.0615. The molecule has 0 unspecified atom stereocenters. The van der Waals surface area contributed by atoms with Crippen LogP contribution in [0, 0.1) is 5.82 Å². The molecule has 0 atom stereocenters. The number of rotatable bonds is 5. The van der Waals surface area contributed by atoms with Crippen molar-refractivity contribution in [3.8, 4) is 0 Å². The number of hydrogen-bond donors (Lipinski definition) is 2. The first-order valence-corrected chi connectivity index (χ1v) is 8.50. The molecule has 1 aliphatic carbocycles. The van der Waals surface area contributed by atoms with E-state index in [9.17, 15) is 17.6 Å². The standard InChI is InChI=1S/C14H19FN2O4S/c1-8(2)21-10-5-9(6-10)17-14(18)12-4-3-11(7-13(12)15)22(16,19)20/h3-4,7-10H,5-6H2,1-2H3,(H,17,18)(H2,16,19,20). The monoisotopic (exact) mass is 330 g/mol. The maximum atomic E-state index is 13.8. The van der Waals surface area contributed by atoms with Crippen molar-refractivity contribution in [3.05, 3.63) is 29.6 Å². The first-order chi connectivity index (χ1) is 10.2. The van der Waals surface area contributed by atoms with Gasteiger partial charge in [-0.1, -0.05) is 0 Å². The third kappa shape index (κ3) is 4.02. The molecule has 22 heavy (non-hydrogen) atoms. The van der Waals surface area contributed by atoms with E-state index in [1.165, 1.54) is 0 Å². The van der Waals surface area contributed by atoms with Gasteiger partial charge < -0.3 is 10.1 Å². The van der Waals surface area contributed by atoms with Gasteiger partial charge in [0.1, 0.15) is 5.82 Å². The van der Waals surface area contributed by atoms with E-state index < -0.39 is 21.7 Å². The van der Waals surface area contributed by atoms with Crippen molar-refractivity contribution in [1.29, 1.82) is 0 Å². The van der Waals surface area contributed by atoms with Crippen molar-refractivity contribution >= 4 is 15.9 Å². The van der Waals surface area contributed by atoms with Crippen LogP contribution in [0.15, 0.2) is 23.1 Å². The van der Waals surface area contributed by atoms with Gasteiger partial charge in [-0.25, -0.2) is 17.9 Å². The Bertz CT molecular complexity index is 669. The van der Waals surface area contributed by atoms with Gasteiger partial charge in [-0.2, -0.15) is 0 Å². The highest BCUT2D eigenvalue weighted by Crippen LogP contribution is 2.25. The van der Waals surface area contributed by atoms with Gasteiger partial charge in [-0.3, -0.25) is 4.79 Å². The van der Waals surface area contributed by atoms with Crippen LogP contribution in [0.3, 0.4) is 0 Å². The normalized spacial score (nSPS) is 21.5. The molecule has 0 radical (unpaired) electrons. The lowest BCUT2D eigenvalue weighted by atomic mass is 9.89. The molecular formula is C14H19FN2O4S. The Morgan fingerprint density at radius 2 is 2.05 bits per heavy atom. The quantitative estimate of drug-likeness (QED) is 0.846. The highest BCUT2D eigenvalue weighted by Gasteiger charge is 2.32. The molecule has 1 saturated carbocycles. The molecule has 0 saturated heterocycles. The van der Waals surface area contributed by atoms with Gasteiger partial charge in [0.15, 0.2) is 0 Å². The summed E-state index contributed by atoms with van der Waals surface area (Å²) in [7, 11) is -3.99. The first-order valence-electron chi connectivity index (χ1n) is 6.95. The minimum Gasteiger partial charge on any atom is -0.375 e. The molecule has 0 bridgehead atoms. The molecule has 0 heterocycles. The third-order valence-electron chi connectivity index (χ3n) is 3.41. The van der Waals surface area contributed by atoms with Crippen LogP contribution in [0.5, 0.6) is 0 Å². The van der Waals surface area contributed by atoms with Crippen LogP contribution in [-0.2, 0) is 14.8 Å². The largest absolute Gasteiger partial charge is 0.375 e. The first kappa shape index (κ1) is 16.9. The van der Waals surface area contributed by atoms with Crippen LogP contribution < -0.4 is 10.5 Å². The molecule has 3 N–H and O–H groups in total. The molecule has 2 rings (SSSR count). The van der Waals surface area contributed by atoms with Crippen LogP contribution in [0.4, 0.5) is 4.39 Å². The lowest BCUT2D eigenvalue weighted by Crippen LogP contribution is -2.48. The molecule has 1 fully saturated rings. The fraction of sp³-hybridized carbons (Fsp3) is 0.500. The minimum atomic E-state index is -3.99. The highest BCUT2D eigenvalue weighted by atomic mass is 32.2. The predicted octanol–water partition coefficient (Wildman–Crippen LogP) is 1.16. The average Bonchev–Trinajstić information content (AvgIpc) is 2.34. The molecule has 0 aliphatic heterocycles. The maximum Gasteiger partial charge on any atom is 0.254 e. The zero-order valence-corrected chi connectivity index (χ0v) is 13.2.